The number of para-hydroxylation sites is 1. The number of ether oxygens (including phenoxy) is 1. The third-order valence-corrected chi connectivity index (χ3v) is 3.07. The molecule has 0 saturated carbocycles. The molecule has 1 saturated heterocycles. The average Bonchev–Trinajstić information content (AvgIpc) is 2.39. The van der Waals surface area contributed by atoms with Crippen LogP contribution in [0.15, 0.2) is 24.3 Å². The van der Waals surface area contributed by atoms with Crippen molar-refractivity contribution in [1.82, 2.24) is 4.90 Å². The van der Waals surface area contributed by atoms with Crippen LogP contribution < -0.4 is 5.73 Å². The Kier molecular flexibility index (Phi) is 4.24. The summed E-state index contributed by atoms with van der Waals surface area (Å²) in [6.45, 7) is 3.18. The molecule has 1 aliphatic heterocycles. The van der Waals surface area contributed by atoms with Crippen LogP contribution in [0.4, 0.5) is 5.69 Å². The van der Waals surface area contributed by atoms with Gasteiger partial charge in [-0.3, -0.25) is 15.0 Å². The van der Waals surface area contributed by atoms with Crippen LogP contribution in [0.5, 0.6) is 0 Å². The number of hydrogen-bond donors (Lipinski definition) is 1. The van der Waals surface area contributed by atoms with Crippen LogP contribution in [-0.2, 0) is 11.3 Å². The summed E-state index contributed by atoms with van der Waals surface area (Å²) in [7, 11) is 0. The molecule has 0 amide bonds. The average molecular weight is 251 g/mol. The van der Waals surface area contributed by atoms with Crippen molar-refractivity contribution < 1.29 is 9.66 Å². The summed E-state index contributed by atoms with van der Waals surface area (Å²) in [6, 6.07) is 6.84. The Labute approximate surface area is 105 Å². The number of hydrogen-bond acceptors (Lipinski definition) is 5. The molecule has 2 N–H and O–H groups in total. The first-order chi connectivity index (χ1) is 8.70. The van der Waals surface area contributed by atoms with Crippen LogP contribution in [0, 0.1) is 10.1 Å². The maximum Gasteiger partial charge on any atom is 0.273 e. The van der Waals surface area contributed by atoms with E-state index in [0.29, 0.717) is 19.7 Å². The van der Waals surface area contributed by atoms with Crippen molar-refractivity contribution >= 4 is 5.69 Å². The fraction of sp³-hybridized carbons (Fsp3) is 0.500. The SMILES string of the molecule is NCC1CN(Cc2ccccc2[N+](=O)[O-])CCO1. The van der Waals surface area contributed by atoms with Crippen LogP contribution in [0.2, 0.25) is 0 Å². The van der Waals surface area contributed by atoms with Gasteiger partial charge in [0, 0.05) is 37.8 Å². The summed E-state index contributed by atoms with van der Waals surface area (Å²) in [4.78, 5) is 12.7. The molecule has 1 fully saturated rings. The maximum atomic E-state index is 10.9. The van der Waals surface area contributed by atoms with Gasteiger partial charge in [-0.1, -0.05) is 18.2 Å². The van der Waals surface area contributed by atoms with E-state index in [-0.39, 0.29) is 16.7 Å². The van der Waals surface area contributed by atoms with E-state index in [1.54, 1.807) is 12.1 Å². The highest BCUT2D eigenvalue weighted by Crippen LogP contribution is 2.20. The minimum atomic E-state index is -0.337. The predicted molar refractivity (Wildman–Crippen MR) is 67.2 cm³/mol. The summed E-state index contributed by atoms with van der Waals surface area (Å²) < 4.78 is 5.47. The summed E-state index contributed by atoms with van der Waals surface area (Å²) in [6.07, 6.45) is 0.0292. The molecule has 0 aliphatic carbocycles. The van der Waals surface area contributed by atoms with E-state index >= 15 is 0 Å². The van der Waals surface area contributed by atoms with Gasteiger partial charge in [0.2, 0.25) is 0 Å². The second kappa shape index (κ2) is 5.90. The summed E-state index contributed by atoms with van der Waals surface area (Å²) in [5.41, 5.74) is 6.49. The lowest BCUT2D eigenvalue weighted by molar-refractivity contribution is -0.385. The third-order valence-electron chi connectivity index (χ3n) is 3.07. The highest BCUT2D eigenvalue weighted by molar-refractivity contribution is 5.39. The fourth-order valence-corrected chi connectivity index (χ4v) is 2.13. The van der Waals surface area contributed by atoms with Gasteiger partial charge in [0.25, 0.3) is 5.69 Å². The molecule has 1 aliphatic rings. The summed E-state index contributed by atoms with van der Waals surface area (Å²) in [5.74, 6) is 0. The molecule has 18 heavy (non-hydrogen) atoms. The van der Waals surface area contributed by atoms with Gasteiger partial charge in [-0.15, -0.1) is 0 Å². The van der Waals surface area contributed by atoms with Crippen LogP contribution in [0.3, 0.4) is 0 Å². The Hall–Kier alpha value is -1.50. The van der Waals surface area contributed by atoms with E-state index in [1.165, 1.54) is 6.07 Å². The minimum absolute atomic E-state index is 0.0292. The molecule has 6 heteroatoms. The standard InChI is InChI=1S/C12H17N3O3/c13-7-11-9-14(5-6-18-11)8-10-3-1-2-4-12(10)15(16)17/h1-4,11H,5-9,13H2. The van der Waals surface area contributed by atoms with E-state index in [4.69, 9.17) is 10.5 Å². The largest absolute Gasteiger partial charge is 0.374 e. The lowest BCUT2D eigenvalue weighted by Crippen LogP contribution is -2.45. The second-order valence-electron chi connectivity index (χ2n) is 4.35. The Morgan fingerprint density at radius 2 is 2.28 bits per heavy atom. The van der Waals surface area contributed by atoms with Gasteiger partial charge in [0.1, 0.15) is 0 Å². The van der Waals surface area contributed by atoms with Crippen molar-refractivity contribution in [2.45, 2.75) is 12.6 Å². The Morgan fingerprint density at radius 3 is 3.00 bits per heavy atom. The number of morpholine rings is 1. The monoisotopic (exact) mass is 251 g/mol. The van der Waals surface area contributed by atoms with Crippen molar-refractivity contribution in [2.75, 3.05) is 26.2 Å². The van der Waals surface area contributed by atoms with Gasteiger partial charge in [-0.2, -0.15) is 0 Å². The van der Waals surface area contributed by atoms with Gasteiger partial charge < -0.3 is 10.5 Å². The molecule has 6 nitrogen and oxygen atoms in total. The summed E-state index contributed by atoms with van der Waals surface area (Å²) >= 11 is 0. The Bertz CT molecular complexity index is 425. The number of benzene rings is 1. The van der Waals surface area contributed by atoms with E-state index < -0.39 is 0 Å². The number of nitrogens with zero attached hydrogens (tertiary/aromatic N) is 2. The highest BCUT2D eigenvalue weighted by atomic mass is 16.6. The van der Waals surface area contributed by atoms with Crippen molar-refractivity contribution in [1.29, 1.82) is 0 Å². The van der Waals surface area contributed by atoms with E-state index in [0.717, 1.165) is 18.7 Å². The molecular weight excluding hydrogens is 234 g/mol. The molecular formula is C12H17N3O3. The van der Waals surface area contributed by atoms with E-state index in [1.807, 2.05) is 6.07 Å². The molecule has 1 heterocycles. The summed E-state index contributed by atoms with van der Waals surface area (Å²) in [5, 5.41) is 10.9. The Balaban J connectivity index is 2.07. The number of nitro benzene ring substituents is 1. The molecule has 0 aromatic heterocycles. The first kappa shape index (κ1) is 12.9. The molecule has 0 radical (unpaired) electrons. The zero-order valence-corrected chi connectivity index (χ0v) is 10.1. The van der Waals surface area contributed by atoms with Crippen molar-refractivity contribution in [3.05, 3.63) is 39.9 Å². The fourth-order valence-electron chi connectivity index (χ4n) is 2.13. The second-order valence-corrected chi connectivity index (χ2v) is 4.35. The topological polar surface area (TPSA) is 81.6 Å². The molecule has 2 rings (SSSR count). The smallest absolute Gasteiger partial charge is 0.273 e. The van der Waals surface area contributed by atoms with Gasteiger partial charge in [-0.05, 0) is 0 Å². The molecule has 1 unspecified atom stereocenters. The highest BCUT2D eigenvalue weighted by Gasteiger charge is 2.21. The first-order valence-corrected chi connectivity index (χ1v) is 5.97. The zero-order chi connectivity index (χ0) is 13.0. The van der Waals surface area contributed by atoms with Crippen LogP contribution in [0.1, 0.15) is 5.56 Å². The molecule has 0 bridgehead atoms. The predicted octanol–water partition coefficient (Wildman–Crippen LogP) is 0.754. The quantitative estimate of drug-likeness (QED) is 0.631. The van der Waals surface area contributed by atoms with Crippen LogP contribution >= 0.6 is 0 Å². The van der Waals surface area contributed by atoms with Gasteiger partial charge in [0.05, 0.1) is 17.6 Å². The molecule has 0 spiro atoms. The number of nitrogens with two attached hydrogens (primary N) is 1. The normalized spacial score (nSPS) is 20.8. The van der Waals surface area contributed by atoms with E-state index in [2.05, 4.69) is 4.90 Å². The first-order valence-electron chi connectivity index (χ1n) is 5.97. The van der Waals surface area contributed by atoms with Crippen LogP contribution in [0.25, 0.3) is 0 Å². The van der Waals surface area contributed by atoms with Gasteiger partial charge in [-0.25, -0.2) is 0 Å². The molecule has 1 atom stereocenters. The van der Waals surface area contributed by atoms with Crippen molar-refractivity contribution in [3.8, 4) is 0 Å². The Morgan fingerprint density at radius 1 is 1.50 bits per heavy atom. The number of rotatable bonds is 4. The molecule has 1 aromatic carbocycles. The zero-order valence-electron chi connectivity index (χ0n) is 10.1. The van der Waals surface area contributed by atoms with E-state index in [9.17, 15) is 10.1 Å². The lowest BCUT2D eigenvalue weighted by Gasteiger charge is -2.32. The lowest BCUT2D eigenvalue weighted by atomic mass is 10.1. The van der Waals surface area contributed by atoms with Crippen molar-refractivity contribution in [2.24, 2.45) is 5.73 Å². The van der Waals surface area contributed by atoms with Crippen LogP contribution in [-0.4, -0.2) is 42.2 Å². The van der Waals surface area contributed by atoms with Gasteiger partial charge >= 0.3 is 0 Å². The number of nitro groups is 1. The maximum absolute atomic E-state index is 10.9. The minimum Gasteiger partial charge on any atom is -0.374 e. The molecule has 1 aromatic rings. The van der Waals surface area contributed by atoms with Crippen molar-refractivity contribution in [3.63, 3.8) is 0 Å². The molecule has 98 valence electrons. The van der Waals surface area contributed by atoms with Gasteiger partial charge in [0.15, 0.2) is 0 Å². The third kappa shape index (κ3) is 3.04.